The third kappa shape index (κ3) is 3.78. The van der Waals surface area contributed by atoms with Crippen molar-refractivity contribution < 1.29 is 18.0 Å². The lowest BCUT2D eigenvalue weighted by atomic mass is 10.2. The van der Waals surface area contributed by atoms with E-state index in [0.29, 0.717) is 0 Å². The van der Waals surface area contributed by atoms with Gasteiger partial charge in [-0.25, -0.2) is 13.2 Å². The molecule has 7 heteroatoms. The van der Waals surface area contributed by atoms with Gasteiger partial charge >= 0.3 is 0 Å². The highest BCUT2D eigenvalue weighted by molar-refractivity contribution is 6.34. The number of hydrogen-bond acceptors (Lipinski definition) is 1. The molecule has 1 amide bonds. The molecule has 1 rings (SSSR count). The van der Waals surface area contributed by atoms with Gasteiger partial charge in [-0.2, -0.15) is 0 Å². The third-order valence-corrected chi connectivity index (χ3v) is 2.74. The Kier molecular flexibility index (Phi) is 5.75. The van der Waals surface area contributed by atoms with Crippen molar-refractivity contribution in [3.63, 3.8) is 0 Å². The van der Waals surface area contributed by atoms with Gasteiger partial charge in [-0.15, -0.1) is 11.6 Å². The molecule has 1 aromatic rings. The molecule has 1 aromatic carbocycles. The zero-order chi connectivity index (χ0) is 13.7. The SMILES string of the molecule is O=C(c1cccc(F)c1Cl)N(CCCl)CC(F)F. The van der Waals surface area contributed by atoms with Gasteiger partial charge in [0, 0.05) is 12.4 Å². The Hall–Kier alpha value is -0.940. The first kappa shape index (κ1) is 15.1. The minimum absolute atomic E-state index is 0.00535. The van der Waals surface area contributed by atoms with Crippen LogP contribution in [0.5, 0.6) is 0 Å². The van der Waals surface area contributed by atoms with Crippen LogP contribution in [0.25, 0.3) is 0 Å². The lowest BCUT2D eigenvalue weighted by molar-refractivity contribution is 0.0571. The Labute approximate surface area is 112 Å². The number of carbonyl (C=O) groups is 1. The highest BCUT2D eigenvalue weighted by Gasteiger charge is 2.22. The second-order valence-electron chi connectivity index (χ2n) is 3.43. The maximum absolute atomic E-state index is 13.2. The van der Waals surface area contributed by atoms with Crippen LogP contribution < -0.4 is 0 Å². The topological polar surface area (TPSA) is 20.3 Å². The van der Waals surface area contributed by atoms with Crippen molar-refractivity contribution in [3.8, 4) is 0 Å². The van der Waals surface area contributed by atoms with Gasteiger partial charge < -0.3 is 4.90 Å². The molecule has 0 fully saturated rings. The number of hydrogen-bond donors (Lipinski definition) is 0. The fraction of sp³-hybridized carbons (Fsp3) is 0.364. The van der Waals surface area contributed by atoms with Crippen molar-refractivity contribution in [2.45, 2.75) is 6.43 Å². The van der Waals surface area contributed by atoms with Crippen molar-refractivity contribution >= 4 is 29.1 Å². The highest BCUT2D eigenvalue weighted by atomic mass is 35.5. The van der Waals surface area contributed by atoms with Gasteiger partial charge in [0.25, 0.3) is 12.3 Å². The van der Waals surface area contributed by atoms with Crippen molar-refractivity contribution in [1.29, 1.82) is 0 Å². The molecule has 0 unspecified atom stereocenters. The molecular weight excluding hydrogens is 290 g/mol. The number of alkyl halides is 3. The quantitative estimate of drug-likeness (QED) is 0.763. The third-order valence-electron chi connectivity index (χ3n) is 2.18. The first-order valence-corrected chi connectivity index (χ1v) is 5.96. The summed E-state index contributed by atoms with van der Waals surface area (Å²) >= 11 is 11.1. The summed E-state index contributed by atoms with van der Waals surface area (Å²) in [5.74, 6) is -1.53. The summed E-state index contributed by atoms with van der Waals surface area (Å²) in [6.45, 7) is -0.823. The smallest absolute Gasteiger partial charge is 0.255 e. The number of nitrogens with zero attached hydrogens (tertiary/aromatic N) is 1. The molecule has 0 aliphatic rings. The summed E-state index contributed by atoms with van der Waals surface area (Å²) in [6.07, 6.45) is -2.69. The van der Waals surface area contributed by atoms with Crippen LogP contribution in [0.15, 0.2) is 18.2 Å². The van der Waals surface area contributed by atoms with E-state index in [1.807, 2.05) is 0 Å². The summed E-state index contributed by atoms with van der Waals surface area (Å²) in [5.41, 5.74) is -0.151. The van der Waals surface area contributed by atoms with Crippen molar-refractivity contribution in [2.75, 3.05) is 19.0 Å². The van der Waals surface area contributed by atoms with Crippen LogP contribution in [0, 0.1) is 5.82 Å². The molecule has 0 N–H and O–H groups in total. The van der Waals surface area contributed by atoms with Gasteiger partial charge in [0.2, 0.25) is 0 Å². The molecule has 0 spiro atoms. The Morgan fingerprint density at radius 2 is 2.06 bits per heavy atom. The summed E-state index contributed by atoms with van der Waals surface area (Å²) in [5, 5.41) is -0.378. The van der Waals surface area contributed by atoms with Crippen LogP contribution in [0.3, 0.4) is 0 Å². The van der Waals surface area contributed by atoms with Gasteiger partial charge in [-0.05, 0) is 12.1 Å². The molecule has 0 atom stereocenters. The van der Waals surface area contributed by atoms with Crippen LogP contribution in [0.2, 0.25) is 5.02 Å². The fourth-order valence-corrected chi connectivity index (χ4v) is 1.79. The van der Waals surface area contributed by atoms with Crippen LogP contribution in [-0.2, 0) is 0 Å². The molecule has 0 heterocycles. The summed E-state index contributed by atoms with van der Waals surface area (Å²) in [6, 6.07) is 3.65. The zero-order valence-corrected chi connectivity index (χ0v) is 10.7. The van der Waals surface area contributed by atoms with E-state index >= 15 is 0 Å². The summed E-state index contributed by atoms with van der Waals surface area (Å²) < 4.78 is 37.8. The second kappa shape index (κ2) is 6.85. The van der Waals surface area contributed by atoms with Gasteiger partial charge in [-0.3, -0.25) is 4.79 Å². The molecule has 0 bridgehead atoms. The monoisotopic (exact) mass is 299 g/mol. The van der Waals surface area contributed by atoms with E-state index in [0.717, 1.165) is 11.0 Å². The normalized spacial score (nSPS) is 10.8. The number of halogens is 5. The van der Waals surface area contributed by atoms with Crippen LogP contribution >= 0.6 is 23.2 Å². The van der Waals surface area contributed by atoms with Gasteiger partial charge in [0.05, 0.1) is 17.1 Å². The minimum Gasteiger partial charge on any atom is -0.332 e. The Bertz CT molecular complexity index is 429. The van der Waals surface area contributed by atoms with E-state index in [4.69, 9.17) is 23.2 Å². The molecule has 0 saturated heterocycles. The van der Waals surface area contributed by atoms with Gasteiger partial charge in [0.1, 0.15) is 5.82 Å². The van der Waals surface area contributed by atoms with E-state index < -0.39 is 24.7 Å². The minimum atomic E-state index is -2.69. The molecule has 100 valence electrons. The molecule has 0 aliphatic carbocycles. The summed E-state index contributed by atoms with van der Waals surface area (Å²) in [7, 11) is 0. The number of amides is 1. The second-order valence-corrected chi connectivity index (χ2v) is 4.19. The lowest BCUT2D eigenvalue weighted by Crippen LogP contribution is -2.36. The molecule has 0 saturated carbocycles. The first-order valence-electron chi connectivity index (χ1n) is 5.04. The Morgan fingerprint density at radius 1 is 1.39 bits per heavy atom. The largest absolute Gasteiger partial charge is 0.332 e. The first-order chi connectivity index (χ1) is 8.47. The molecule has 0 radical (unpaired) electrons. The van der Waals surface area contributed by atoms with E-state index in [1.54, 1.807) is 0 Å². The van der Waals surface area contributed by atoms with E-state index in [9.17, 15) is 18.0 Å². The highest BCUT2D eigenvalue weighted by Crippen LogP contribution is 2.21. The fourth-order valence-electron chi connectivity index (χ4n) is 1.38. The van der Waals surface area contributed by atoms with E-state index in [2.05, 4.69) is 0 Å². The predicted molar refractivity (Wildman–Crippen MR) is 64.0 cm³/mol. The molecule has 18 heavy (non-hydrogen) atoms. The zero-order valence-electron chi connectivity index (χ0n) is 9.18. The van der Waals surface area contributed by atoms with Gasteiger partial charge in [-0.1, -0.05) is 17.7 Å². The average Bonchev–Trinajstić information content (AvgIpc) is 2.31. The lowest BCUT2D eigenvalue weighted by Gasteiger charge is -2.21. The standard InChI is InChI=1S/C11H10Cl2F3NO/c12-4-5-17(6-9(15)16)11(18)7-2-1-3-8(14)10(7)13/h1-3,9H,4-6H2. The maximum Gasteiger partial charge on any atom is 0.255 e. The van der Waals surface area contributed by atoms with Crippen molar-refractivity contribution in [2.24, 2.45) is 0 Å². The Morgan fingerprint density at radius 3 is 2.61 bits per heavy atom. The van der Waals surface area contributed by atoms with Crippen molar-refractivity contribution in [3.05, 3.63) is 34.6 Å². The summed E-state index contributed by atoms with van der Waals surface area (Å²) in [4.78, 5) is 12.8. The number of benzene rings is 1. The van der Waals surface area contributed by atoms with Gasteiger partial charge in [0.15, 0.2) is 0 Å². The van der Waals surface area contributed by atoms with E-state index in [-0.39, 0.29) is 23.0 Å². The predicted octanol–water partition coefficient (Wildman–Crippen LogP) is 3.43. The van der Waals surface area contributed by atoms with Crippen molar-refractivity contribution in [1.82, 2.24) is 4.90 Å². The number of rotatable bonds is 5. The Balaban J connectivity index is 2.98. The van der Waals surface area contributed by atoms with E-state index in [1.165, 1.54) is 12.1 Å². The average molecular weight is 300 g/mol. The van der Waals surface area contributed by atoms with Crippen LogP contribution in [0.4, 0.5) is 13.2 Å². The maximum atomic E-state index is 13.2. The van der Waals surface area contributed by atoms with Crippen LogP contribution in [0.1, 0.15) is 10.4 Å². The van der Waals surface area contributed by atoms with Crippen LogP contribution in [-0.4, -0.2) is 36.2 Å². The number of carbonyl (C=O) groups excluding carboxylic acids is 1. The molecule has 2 nitrogen and oxygen atoms in total. The molecular formula is C11H10Cl2F3NO. The molecule has 0 aromatic heterocycles. The molecule has 0 aliphatic heterocycles.